The molecular weight excluding hydrogens is 491 g/mol. The smallest absolute Gasteiger partial charge is 0.456 e. The van der Waals surface area contributed by atoms with Crippen LogP contribution in [0.4, 0.5) is 0 Å². The first-order chi connectivity index (χ1) is 15.8. The minimum absolute atomic E-state index is 0.0352. The summed E-state index contributed by atoms with van der Waals surface area (Å²) in [7, 11) is -1.97. The summed E-state index contributed by atoms with van der Waals surface area (Å²) >= 11 is 0. The summed E-state index contributed by atoms with van der Waals surface area (Å²) in [6, 6.07) is 2.28. The van der Waals surface area contributed by atoms with Crippen molar-refractivity contribution in [2.75, 3.05) is 21.3 Å². The Morgan fingerprint density at radius 1 is 0.706 bits per heavy atom. The van der Waals surface area contributed by atoms with Gasteiger partial charge in [-0.05, 0) is 44.7 Å². The summed E-state index contributed by atoms with van der Waals surface area (Å²) < 4.78 is 26.4. The van der Waals surface area contributed by atoms with Crippen molar-refractivity contribution < 1.29 is 17.4 Å². The van der Waals surface area contributed by atoms with Crippen LogP contribution in [0.1, 0.15) is 6.42 Å². The minimum atomic E-state index is -2.66. The Kier molecular flexibility index (Phi) is 11.5. The lowest BCUT2D eigenvalue weighted by Crippen LogP contribution is -2.54. The van der Waals surface area contributed by atoms with Crippen LogP contribution >= 0.6 is 0 Å². The van der Waals surface area contributed by atoms with E-state index >= 15 is 0 Å². The lowest BCUT2D eigenvalue weighted by molar-refractivity contribution is 0.125. The number of rotatable bonds is 16. The molecule has 10 nitrogen and oxygen atoms in total. The molecule has 0 saturated carbocycles. The van der Waals surface area contributed by atoms with Crippen LogP contribution in [0, 0.1) is 0 Å². The maximum atomic E-state index is 12.8. The van der Waals surface area contributed by atoms with Crippen LogP contribution in [0.3, 0.4) is 0 Å². The molecule has 0 spiro atoms. The van der Waals surface area contributed by atoms with E-state index in [1.807, 2.05) is 0 Å². The van der Waals surface area contributed by atoms with Crippen LogP contribution < -0.4 is 17.1 Å². The van der Waals surface area contributed by atoms with E-state index in [1.165, 1.54) is 12.2 Å². The molecule has 0 fully saturated rings. The van der Waals surface area contributed by atoms with E-state index in [2.05, 4.69) is 39.3 Å². The second kappa shape index (κ2) is 12.9. The Morgan fingerprint density at radius 2 is 1.12 bits per heavy atom. The maximum Gasteiger partial charge on any atom is 0.499 e. The van der Waals surface area contributed by atoms with E-state index in [-0.39, 0.29) is 19.6 Å². The first-order valence-corrected chi connectivity index (χ1v) is 19.5. The van der Waals surface area contributed by atoms with Gasteiger partial charge in [-0.25, -0.2) is 28.1 Å². The van der Waals surface area contributed by atoms with E-state index in [4.69, 9.17) is 17.4 Å². The molecule has 13 heteroatoms. The van der Waals surface area contributed by atoms with Crippen molar-refractivity contribution in [2.24, 2.45) is 0 Å². The van der Waals surface area contributed by atoms with Crippen LogP contribution in [0.15, 0.2) is 39.7 Å². The van der Waals surface area contributed by atoms with Crippen molar-refractivity contribution in [1.82, 2.24) is 13.7 Å². The molecule has 0 unspecified atom stereocenters. The summed E-state index contributed by atoms with van der Waals surface area (Å²) in [6.07, 6.45) is 3.51. The van der Waals surface area contributed by atoms with Crippen LogP contribution in [0.25, 0.3) is 0 Å². The van der Waals surface area contributed by atoms with E-state index < -0.39 is 42.5 Å². The Morgan fingerprint density at radius 3 is 1.53 bits per heavy atom. The number of aromatic nitrogens is 3. The Balaban J connectivity index is 2.96. The summed E-state index contributed by atoms with van der Waals surface area (Å²) in [6.45, 7) is 16.1. The molecule has 0 saturated heterocycles. The van der Waals surface area contributed by atoms with Gasteiger partial charge >= 0.3 is 25.9 Å². The molecule has 0 aliphatic heterocycles. The zero-order chi connectivity index (χ0) is 26.2. The molecule has 1 aromatic heterocycles. The summed E-state index contributed by atoms with van der Waals surface area (Å²) in [5.41, 5.74) is -1.89. The van der Waals surface area contributed by atoms with Crippen LogP contribution in [-0.4, -0.2) is 60.5 Å². The first kappa shape index (κ1) is 30.4. The summed E-state index contributed by atoms with van der Waals surface area (Å²) in [4.78, 5) is 38.1. The third kappa shape index (κ3) is 7.97. The van der Waals surface area contributed by atoms with Crippen molar-refractivity contribution in [3.05, 3.63) is 56.8 Å². The molecule has 34 heavy (non-hydrogen) atoms. The van der Waals surface area contributed by atoms with Gasteiger partial charge in [-0.15, -0.1) is 13.2 Å². The monoisotopic (exact) mass is 531 g/mol. The maximum absolute atomic E-state index is 12.8. The first-order valence-electron chi connectivity index (χ1n) is 11.3. The largest absolute Gasteiger partial charge is 0.499 e. The van der Waals surface area contributed by atoms with Gasteiger partial charge in [-0.3, -0.25) is 0 Å². The lowest BCUT2D eigenvalue weighted by Gasteiger charge is -2.35. The average molecular weight is 532 g/mol. The van der Waals surface area contributed by atoms with Gasteiger partial charge in [0.1, 0.15) is 0 Å². The zero-order valence-electron chi connectivity index (χ0n) is 21.7. The number of hydrogen-bond acceptors (Lipinski definition) is 7. The van der Waals surface area contributed by atoms with Gasteiger partial charge < -0.3 is 17.4 Å². The van der Waals surface area contributed by atoms with E-state index in [9.17, 15) is 14.4 Å². The molecule has 0 aromatic carbocycles. The molecule has 1 heterocycles. The highest BCUT2D eigenvalue weighted by Crippen LogP contribution is 2.27. The second-order valence-corrected chi connectivity index (χ2v) is 21.3. The van der Waals surface area contributed by atoms with Crippen molar-refractivity contribution in [1.29, 1.82) is 0 Å². The van der Waals surface area contributed by atoms with Gasteiger partial charge in [0.2, 0.25) is 0 Å². The second-order valence-electron chi connectivity index (χ2n) is 9.32. The normalized spacial score (nSPS) is 12.7. The molecule has 0 bridgehead atoms. The van der Waals surface area contributed by atoms with Crippen LogP contribution in [0.5, 0.6) is 0 Å². The predicted octanol–water partition coefficient (Wildman–Crippen LogP) is 2.24. The third-order valence-electron chi connectivity index (χ3n) is 5.69. The predicted molar refractivity (Wildman–Crippen MR) is 141 cm³/mol. The van der Waals surface area contributed by atoms with E-state index in [0.29, 0.717) is 12.5 Å². The molecule has 194 valence electrons. The molecular formula is C21H41N3O7Si3. The summed E-state index contributed by atoms with van der Waals surface area (Å²) in [5.74, 6) is 0. The molecule has 1 rings (SSSR count). The highest BCUT2D eigenvalue weighted by atomic mass is 28.4. The Labute approximate surface area is 205 Å². The molecule has 0 aliphatic rings. The average Bonchev–Trinajstić information content (AvgIpc) is 2.77. The molecule has 1 aromatic rings. The SMILES string of the molecule is C=CCn1c(=O)n(CC=C)c(=O)n(CCC[Si](C)(C)O[Si](C)(C)CC[Si](OC)(OC)OC)c1=O. The van der Waals surface area contributed by atoms with Crippen molar-refractivity contribution in [3.63, 3.8) is 0 Å². The van der Waals surface area contributed by atoms with Crippen molar-refractivity contribution in [3.8, 4) is 0 Å². The van der Waals surface area contributed by atoms with Crippen molar-refractivity contribution in [2.45, 2.75) is 70.4 Å². The molecule has 0 radical (unpaired) electrons. The Hall–Kier alpha value is -1.62. The third-order valence-corrected chi connectivity index (χ3v) is 16.3. The van der Waals surface area contributed by atoms with Crippen LogP contribution in [-0.2, 0) is 37.0 Å². The molecule has 0 N–H and O–H groups in total. The minimum Gasteiger partial charge on any atom is -0.456 e. The molecule has 0 atom stereocenters. The van der Waals surface area contributed by atoms with Gasteiger partial charge in [0, 0.05) is 33.9 Å². The van der Waals surface area contributed by atoms with Gasteiger partial charge in [-0.2, -0.15) is 0 Å². The van der Waals surface area contributed by atoms with Gasteiger partial charge in [0.05, 0.1) is 13.1 Å². The zero-order valence-corrected chi connectivity index (χ0v) is 24.7. The van der Waals surface area contributed by atoms with E-state index in [1.54, 1.807) is 21.3 Å². The van der Waals surface area contributed by atoms with Gasteiger partial charge in [0.25, 0.3) is 0 Å². The lowest BCUT2D eigenvalue weighted by atomic mass is 10.4. The van der Waals surface area contributed by atoms with Gasteiger partial charge in [0.15, 0.2) is 16.6 Å². The fourth-order valence-corrected chi connectivity index (χ4v) is 16.5. The number of nitrogens with zero attached hydrogens (tertiary/aromatic N) is 3. The highest BCUT2D eigenvalue weighted by Gasteiger charge is 2.41. The molecule has 0 amide bonds. The molecule has 0 aliphatic carbocycles. The standard InChI is InChI=1S/C21H41N3O7Si3/c1-10-13-22-19(25)23(14-11-2)21(27)24(20(22)26)15-12-16-32(6,7)31-33(8,9)17-18-34(28-3,29-4)30-5/h10-11H,1-2,12-18H2,3-9H3. The Bertz CT molecular complexity index is 954. The fourth-order valence-electron chi connectivity index (χ4n) is 3.97. The highest BCUT2D eigenvalue weighted by molar-refractivity contribution is 6.85. The number of hydrogen-bond donors (Lipinski definition) is 0. The van der Waals surface area contributed by atoms with Crippen LogP contribution in [0.2, 0.25) is 44.3 Å². The fraction of sp³-hybridized carbons (Fsp3) is 0.667. The quantitative estimate of drug-likeness (QED) is 0.238. The summed E-state index contributed by atoms with van der Waals surface area (Å²) in [5, 5.41) is 0. The van der Waals surface area contributed by atoms with E-state index in [0.717, 1.165) is 25.8 Å². The van der Waals surface area contributed by atoms with Gasteiger partial charge in [-0.1, -0.05) is 12.2 Å². The van der Waals surface area contributed by atoms with Crippen molar-refractivity contribution >= 4 is 25.4 Å². The topological polar surface area (TPSA) is 103 Å². The number of allylic oxidation sites excluding steroid dienone is 2.